The Bertz CT molecular complexity index is 561. The third-order valence-electron chi connectivity index (χ3n) is 6.85. The third-order valence-corrected chi connectivity index (χ3v) is 6.85. The second kappa shape index (κ2) is 5.43. The van der Waals surface area contributed by atoms with E-state index in [-0.39, 0.29) is 5.92 Å². The van der Waals surface area contributed by atoms with Crippen LogP contribution in [0.3, 0.4) is 0 Å². The maximum absolute atomic E-state index is 11.6. The van der Waals surface area contributed by atoms with Gasteiger partial charge in [-0.25, -0.2) is 0 Å². The SMILES string of the molecule is O=C(O)C1CC23CCCc4ccoc4CCCC2CCC1C3. The van der Waals surface area contributed by atoms with Gasteiger partial charge in [-0.3, -0.25) is 4.79 Å². The Morgan fingerprint density at radius 2 is 2.09 bits per heavy atom. The van der Waals surface area contributed by atoms with Crippen LogP contribution in [-0.4, -0.2) is 11.1 Å². The number of furan rings is 1. The zero-order chi connectivity index (χ0) is 15.2. The highest BCUT2D eigenvalue weighted by Crippen LogP contribution is 2.60. The van der Waals surface area contributed by atoms with Crippen LogP contribution in [0.2, 0.25) is 0 Å². The minimum absolute atomic E-state index is 0.0718. The lowest BCUT2D eigenvalue weighted by Gasteiger charge is -2.42. The number of hydrogen-bond acceptors (Lipinski definition) is 2. The molecule has 3 nitrogen and oxygen atoms in total. The van der Waals surface area contributed by atoms with E-state index >= 15 is 0 Å². The van der Waals surface area contributed by atoms with E-state index in [1.165, 1.54) is 49.8 Å². The van der Waals surface area contributed by atoms with Gasteiger partial charge in [-0.1, -0.05) is 0 Å². The summed E-state index contributed by atoms with van der Waals surface area (Å²) < 4.78 is 5.65. The van der Waals surface area contributed by atoms with Gasteiger partial charge < -0.3 is 9.52 Å². The van der Waals surface area contributed by atoms with Crippen LogP contribution < -0.4 is 0 Å². The molecule has 3 aliphatic carbocycles. The van der Waals surface area contributed by atoms with Gasteiger partial charge in [0.1, 0.15) is 5.76 Å². The Morgan fingerprint density at radius 3 is 2.95 bits per heavy atom. The van der Waals surface area contributed by atoms with Crippen molar-refractivity contribution in [3.8, 4) is 0 Å². The van der Waals surface area contributed by atoms with Crippen molar-refractivity contribution in [3.05, 3.63) is 23.7 Å². The Balaban J connectivity index is 1.57. The first-order valence-corrected chi connectivity index (χ1v) is 8.96. The highest BCUT2D eigenvalue weighted by molar-refractivity contribution is 5.71. The molecule has 1 aromatic rings. The number of carboxylic acids is 1. The molecule has 1 aromatic heterocycles. The van der Waals surface area contributed by atoms with Crippen molar-refractivity contribution in [2.24, 2.45) is 23.2 Å². The van der Waals surface area contributed by atoms with Gasteiger partial charge in [0, 0.05) is 6.42 Å². The minimum Gasteiger partial charge on any atom is -0.481 e. The minimum atomic E-state index is -0.545. The highest BCUT2D eigenvalue weighted by Gasteiger charge is 2.54. The van der Waals surface area contributed by atoms with Crippen molar-refractivity contribution >= 4 is 5.97 Å². The van der Waals surface area contributed by atoms with Crippen LogP contribution in [0.5, 0.6) is 0 Å². The van der Waals surface area contributed by atoms with Crippen LogP contribution in [0.1, 0.15) is 62.7 Å². The number of rotatable bonds is 1. The molecule has 1 spiro atoms. The lowest BCUT2D eigenvalue weighted by molar-refractivity contribution is -0.143. The van der Waals surface area contributed by atoms with Gasteiger partial charge in [-0.05, 0) is 86.7 Å². The van der Waals surface area contributed by atoms with Crippen LogP contribution in [0.15, 0.2) is 16.7 Å². The fourth-order valence-corrected chi connectivity index (χ4v) is 5.81. The molecule has 4 rings (SSSR count). The molecule has 1 N–H and O–H groups in total. The van der Waals surface area contributed by atoms with Crippen molar-refractivity contribution in [3.63, 3.8) is 0 Å². The fourth-order valence-electron chi connectivity index (χ4n) is 5.81. The van der Waals surface area contributed by atoms with E-state index < -0.39 is 5.97 Å². The van der Waals surface area contributed by atoms with Gasteiger partial charge in [0.25, 0.3) is 0 Å². The summed E-state index contributed by atoms with van der Waals surface area (Å²) in [5, 5.41) is 9.56. The summed E-state index contributed by atoms with van der Waals surface area (Å²) in [6.07, 6.45) is 13.3. The standard InChI is InChI=1S/C19H26O3/c20-18(21)16-12-19-9-2-3-13-8-10-22-17(13)5-1-4-15(19)7-6-14(16)11-19/h8,10,14-16H,1-7,9,11-12H2,(H,20,21). The maximum atomic E-state index is 11.6. The lowest BCUT2D eigenvalue weighted by atomic mass is 9.63. The molecule has 0 saturated heterocycles. The summed E-state index contributed by atoms with van der Waals surface area (Å²) in [5.74, 6) is 1.76. The van der Waals surface area contributed by atoms with Crippen LogP contribution in [0.25, 0.3) is 0 Å². The van der Waals surface area contributed by atoms with E-state index in [1.54, 1.807) is 0 Å². The maximum Gasteiger partial charge on any atom is 0.306 e. The molecule has 3 heteroatoms. The number of aliphatic carboxylic acids is 1. The van der Waals surface area contributed by atoms with Gasteiger partial charge in [-0.15, -0.1) is 0 Å². The molecule has 0 amide bonds. The summed E-state index contributed by atoms with van der Waals surface area (Å²) in [6, 6.07) is 2.13. The second-order valence-electron chi connectivity index (χ2n) is 7.86. The topological polar surface area (TPSA) is 50.4 Å². The molecule has 0 radical (unpaired) electrons. The van der Waals surface area contributed by atoms with Gasteiger partial charge >= 0.3 is 5.97 Å². The normalized spacial score (nSPS) is 38.1. The first kappa shape index (κ1) is 14.3. The van der Waals surface area contributed by atoms with Crippen LogP contribution in [0, 0.1) is 23.2 Å². The monoisotopic (exact) mass is 302 g/mol. The highest BCUT2D eigenvalue weighted by atomic mass is 16.4. The number of aryl methyl sites for hydroxylation is 2. The Hall–Kier alpha value is -1.25. The summed E-state index contributed by atoms with van der Waals surface area (Å²) >= 11 is 0. The summed E-state index contributed by atoms with van der Waals surface area (Å²) in [4.78, 5) is 11.6. The summed E-state index contributed by atoms with van der Waals surface area (Å²) in [6.45, 7) is 0. The molecular formula is C19H26O3. The second-order valence-corrected chi connectivity index (χ2v) is 7.86. The Kier molecular flexibility index (Phi) is 3.54. The number of fused-ring (bicyclic) bond motifs is 2. The first-order valence-electron chi connectivity index (χ1n) is 8.96. The zero-order valence-electron chi connectivity index (χ0n) is 13.2. The molecule has 4 atom stereocenters. The smallest absolute Gasteiger partial charge is 0.306 e. The molecule has 22 heavy (non-hydrogen) atoms. The fraction of sp³-hybridized carbons (Fsp3) is 0.737. The average Bonchev–Trinajstić information content (AvgIpc) is 3.05. The molecule has 0 aromatic carbocycles. The number of carbonyl (C=O) groups is 1. The van der Waals surface area contributed by atoms with Crippen molar-refractivity contribution in [1.29, 1.82) is 0 Å². The molecule has 0 aliphatic heterocycles. The largest absolute Gasteiger partial charge is 0.481 e. The van der Waals surface area contributed by atoms with Crippen LogP contribution in [-0.2, 0) is 17.6 Å². The van der Waals surface area contributed by atoms with Crippen molar-refractivity contribution in [2.45, 2.75) is 64.2 Å². The van der Waals surface area contributed by atoms with Crippen molar-refractivity contribution in [2.75, 3.05) is 0 Å². The van der Waals surface area contributed by atoms with Gasteiger partial charge in [0.2, 0.25) is 0 Å². The molecule has 2 saturated carbocycles. The number of hydrogen-bond donors (Lipinski definition) is 1. The number of carboxylic acid groups (broad SMARTS) is 1. The third kappa shape index (κ3) is 2.29. The molecule has 3 aliphatic rings. The van der Waals surface area contributed by atoms with E-state index in [1.807, 2.05) is 6.26 Å². The van der Waals surface area contributed by atoms with Crippen LogP contribution >= 0.6 is 0 Å². The molecule has 1 heterocycles. The summed E-state index contributed by atoms with van der Waals surface area (Å²) in [7, 11) is 0. The van der Waals surface area contributed by atoms with E-state index in [9.17, 15) is 9.90 Å². The quantitative estimate of drug-likeness (QED) is 0.834. The van der Waals surface area contributed by atoms with E-state index in [4.69, 9.17) is 4.42 Å². The van der Waals surface area contributed by atoms with E-state index in [0.717, 1.165) is 31.6 Å². The van der Waals surface area contributed by atoms with Crippen LogP contribution in [0.4, 0.5) is 0 Å². The zero-order valence-corrected chi connectivity index (χ0v) is 13.2. The Labute approximate surface area is 132 Å². The summed E-state index contributed by atoms with van der Waals surface area (Å²) in [5.41, 5.74) is 1.71. The molecule has 2 bridgehead atoms. The Morgan fingerprint density at radius 1 is 1.18 bits per heavy atom. The molecule has 4 unspecified atom stereocenters. The van der Waals surface area contributed by atoms with Crippen molar-refractivity contribution < 1.29 is 14.3 Å². The predicted octanol–water partition coefficient (Wildman–Crippen LogP) is 4.45. The van der Waals surface area contributed by atoms with Gasteiger partial charge in [0.15, 0.2) is 0 Å². The van der Waals surface area contributed by atoms with Crippen molar-refractivity contribution in [1.82, 2.24) is 0 Å². The first-order chi connectivity index (χ1) is 10.7. The van der Waals surface area contributed by atoms with Gasteiger partial charge in [-0.2, -0.15) is 0 Å². The van der Waals surface area contributed by atoms with E-state index in [2.05, 4.69) is 6.07 Å². The lowest BCUT2D eigenvalue weighted by Crippen LogP contribution is -2.32. The predicted molar refractivity (Wildman–Crippen MR) is 83.6 cm³/mol. The average molecular weight is 302 g/mol. The van der Waals surface area contributed by atoms with E-state index in [0.29, 0.717) is 11.3 Å². The molecular weight excluding hydrogens is 276 g/mol. The van der Waals surface area contributed by atoms with Gasteiger partial charge in [0.05, 0.1) is 12.2 Å². The molecule has 120 valence electrons. The molecule has 2 fully saturated rings.